The molecule has 1 aromatic carbocycles. The Morgan fingerprint density at radius 1 is 1.21 bits per heavy atom. The summed E-state index contributed by atoms with van der Waals surface area (Å²) in [7, 11) is 0. The standard InChI is InChI=1S/C19H26N2O2.ClH/c22-18(19-10-4-3-6-14(19)12-20-13-19)21-16-8-5-11-23-17-9-2-1-7-15(16)17;/h1-2,7,9,14,16,20H,3-6,8,10-13H2,(H,21,22);1H/t14-,16?,19+;/m0./s1. The molecule has 2 heterocycles. The van der Waals surface area contributed by atoms with Crippen LogP contribution in [0, 0.1) is 11.3 Å². The van der Waals surface area contributed by atoms with E-state index in [4.69, 9.17) is 4.74 Å². The van der Waals surface area contributed by atoms with Crippen molar-refractivity contribution in [2.75, 3.05) is 19.7 Å². The van der Waals surface area contributed by atoms with E-state index in [-0.39, 0.29) is 29.8 Å². The number of nitrogens with one attached hydrogen (secondary N) is 2. The van der Waals surface area contributed by atoms with Gasteiger partial charge >= 0.3 is 0 Å². The lowest BCUT2D eigenvalue weighted by Crippen LogP contribution is -2.48. The van der Waals surface area contributed by atoms with Crippen molar-refractivity contribution in [2.45, 2.75) is 44.6 Å². The lowest BCUT2D eigenvalue weighted by atomic mass is 9.67. The van der Waals surface area contributed by atoms with Gasteiger partial charge in [0.1, 0.15) is 5.75 Å². The van der Waals surface area contributed by atoms with E-state index in [1.54, 1.807) is 0 Å². The fourth-order valence-corrected chi connectivity index (χ4v) is 4.67. The molecule has 1 aliphatic carbocycles. The molecule has 2 N–H and O–H groups in total. The minimum absolute atomic E-state index is 0. The summed E-state index contributed by atoms with van der Waals surface area (Å²) in [5.41, 5.74) is 0.952. The first-order valence-electron chi connectivity index (χ1n) is 9.03. The molecule has 0 bridgehead atoms. The van der Waals surface area contributed by atoms with Crippen LogP contribution in [0.25, 0.3) is 0 Å². The number of carbonyl (C=O) groups is 1. The topological polar surface area (TPSA) is 50.4 Å². The summed E-state index contributed by atoms with van der Waals surface area (Å²) in [6.07, 6.45) is 6.59. The van der Waals surface area contributed by atoms with Gasteiger partial charge in [-0.2, -0.15) is 0 Å². The van der Waals surface area contributed by atoms with E-state index in [1.807, 2.05) is 18.2 Å². The second-order valence-corrected chi connectivity index (χ2v) is 7.28. The normalized spacial score (nSPS) is 31.7. The highest BCUT2D eigenvalue weighted by Gasteiger charge is 2.50. The van der Waals surface area contributed by atoms with E-state index < -0.39 is 0 Å². The quantitative estimate of drug-likeness (QED) is 0.861. The van der Waals surface area contributed by atoms with Crippen LogP contribution >= 0.6 is 12.4 Å². The Balaban J connectivity index is 0.00000169. The molecule has 3 atom stereocenters. The maximum atomic E-state index is 13.2. The zero-order valence-electron chi connectivity index (χ0n) is 14.1. The molecule has 2 fully saturated rings. The number of fused-ring (bicyclic) bond motifs is 2. The Morgan fingerprint density at radius 3 is 3.00 bits per heavy atom. The third kappa shape index (κ3) is 3.02. The van der Waals surface area contributed by atoms with E-state index in [1.165, 1.54) is 19.3 Å². The van der Waals surface area contributed by atoms with Crippen LogP contribution in [0.1, 0.15) is 50.1 Å². The molecule has 2 aliphatic heterocycles. The van der Waals surface area contributed by atoms with Crippen LogP contribution in [-0.4, -0.2) is 25.6 Å². The van der Waals surface area contributed by atoms with Gasteiger partial charge in [0.25, 0.3) is 0 Å². The van der Waals surface area contributed by atoms with E-state index in [0.717, 1.165) is 50.3 Å². The third-order valence-corrected chi connectivity index (χ3v) is 5.98. The molecule has 4 nitrogen and oxygen atoms in total. The van der Waals surface area contributed by atoms with E-state index >= 15 is 0 Å². The number of hydrogen-bond acceptors (Lipinski definition) is 3. The largest absolute Gasteiger partial charge is 0.493 e. The molecule has 0 aromatic heterocycles. The molecule has 24 heavy (non-hydrogen) atoms. The minimum Gasteiger partial charge on any atom is -0.493 e. The molecule has 1 aromatic rings. The summed E-state index contributed by atoms with van der Waals surface area (Å²) in [5, 5.41) is 6.86. The van der Waals surface area contributed by atoms with Crippen LogP contribution in [0.3, 0.4) is 0 Å². The number of ether oxygens (including phenoxy) is 1. The molecule has 1 saturated heterocycles. The first-order chi connectivity index (χ1) is 11.3. The van der Waals surface area contributed by atoms with Crippen molar-refractivity contribution in [1.29, 1.82) is 0 Å². The molecule has 1 unspecified atom stereocenters. The third-order valence-electron chi connectivity index (χ3n) is 5.98. The van der Waals surface area contributed by atoms with Crippen molar-refractivity contribution in [3.63, 3.8) is 0 Å². The first-order valence-corrected chi connectivity index (χ1v) is 9.03. The fourth-order valence-electron chi connectivity index (χ4n) is 4.67. The van der Waals surface area contributed by atoms with Crippen LogP contribution in [0.5, 0.6) is 5.75 Å². The molecule has 5 heteroatoms. The number of para-hydroxylation sites is 1. The van der Waals surface area contributed by atoms with Gasteiger partial charge in [-0.25, -0.2) is 0 Å². The predicted molar refractivity (Wildman–Crippen MR) is 96.6 cm³/mol. The number of benzene rings is 1. The summed E-state index contributed by atoms with van der Waals surface area (Å²) in [6, 6.07) is 8.22. The van der Waals surface area contributed by atoms with Gasteiger partial charge in [-0.15, -0.1) is 12.4 Å². The number of halogens is 1. The Kier molecular flexibility index (Phi) is 5.36. The number of carbonyl (C=O) groups excluding carboxylic acids is 1. The smallest absolute Gasteiger partial charge is 0.228 e. The lowest BCUT2D eigenvalue weighted by molar-refractivity contribution is -0.134. The molecule has 3 aliphatic rings. The molecule has 1 saturated carbocycles. The predicted octanol–water partition coefficient (Wildman–Crippen LogP) is 3.22. The maximum absolute atomic E-state index is 13.2. The molecule has 0 spiro atoms. The average molecular weight is 351 g/mol. The van der Waals surface area contributed by atoms with Gasteiger partial charge < -0.3 is 15.4 Å². The molecular weight excluding hydrogens is 324 g/mol. The van der Waals surface area contributed by atoms with Crippen molar-refractivity contribution in [3.8, 4) is 5.75 Å². The number of hydrogen-bond donors (Lipinski definition) is 2. The molecule has 4 rings (SSSR count). The second-order valence-electron chi connectivity index (χ2n) is 7.28. The van der Waals surface area contributed by atoms with Crippen molar-refractivity contribution < 1.29 is 9.53 Å². The Labute approximate surface area is 150 Å². The average Bonchev–Trinajstić information content (AvgIpc) is 2.93. The molecule has 132 valence electrons. The van der Waals surface area contributed by atoms with E-state index in [9.17, 15) is 4.79 Å². The Hall–Kier alpha value is -1.26. The van der Waals surface area contributed by atoms with Gasteiger partial charge in [-0.05, 0) is 44.2 Å². The fraction of sp³-hybridized carbons (Fsp3) is 0.632. The highest BCUT2D eigenvalue weighted by atomic mass is 35.5. The molecule has 0 radical (unpaired) electrons. The lowest BCUT2D eigenvalue weighted by Gasteiger charge is -2.38. The van der Waals surface area contributed by atoms with Gasteiger partial charge in [-0.1, -0.05) is 31.0 Å². The van der Waals surface area contributed by atoms with E-state index in [2.05, 4.69) is 16.7 Å². The van der Waals surface area contributed by atoms with Crippen LogP contribution in [-0.2, 0) is 4.79 Å². The SMILES string of the molecule is Cl.O=C(NC1CCCOc2ccccc21)[C@@]12CCCC[C@H]1CNC2. The van der Waals surface area contributed by atoms with Gasteiger partial charge in [0.15, 0.2) is 0 Å². The van der Waals surface area contributed by atoms with Gasteiger partial charge in [0.2, 0.25) is 5.91 Å². The monoisotopic (exact) mass is 350 g/mol. The highest BCUT2D eigenvalue weighted by Crippen LogP contribution is 2.44. The minimum atomic E-state index is -0.180. The Bertz CT molecular complexity index is 594. The molecule has 1 amide bonds. The number of rotatable bonds is 2. The van der Waals surface area contributed by atoms with Crippen molar-refractivity contribution in [1.82, 2.24) is 10.6 Å². The summed E-state index contributed by atoms with van der Waals surface area (Å²) in [4.78, 5) is 13.2. The summed E-state index contributed by atoms with van der Waals surface area (Å²) in [6.45, 7) is 2.57. The van der Waals surface area contributed by atoms with Gasteiger partial charge in [0.05, 0.1) is 18.1 Å². The maximum Gasteiger partial charge on any atom is 0.228 e. The first kappa shape index (κ1) is 17.6. The van der Waals surface area contributed by atoms with Crippen LogP contribution in [0.2, 0.25) is 0 Å². The molecular formula is C19H27ClN2O2. The van der Waals surface area contributed by atoms with Crippen molar-refractivity contribution in [2.24, 2.45) is 11.3 Å². The van der Waals surface area contributed by atoms with Crippen LogP contribution in [0.4, 0.5) is 0 Å². The zero-order valence-corrected chi connectivity index (χ0v) is 14.9. The summed E-state index contributed by atoms with van der Waals surface area (Å²) < 4.78 is 5.83. The van der Waals surface area contributed by atoms with Crippen LogP contribution in [0.15, 0.2) is 24.3 Å². The highest BCUT2D eigenvalue weighted by molar-refractivity contribution is 5.85. The second kappa shape index (κ2) is 7.32. The zero-order chi connectivity index (χ0) is 15.7. The number of amides is 1. The Morgan fingerprint density at radius 2 is 2.08 bits per heavy atom. The summed E-state index contributed by atoms with van der Waals surface area (Å²) >= 11 is 0. The van der Waals surface area contributed by atoms with Crippen molar-refractivity contribution in [3.05, 3.63) is 29.8 Å². The summed E-state index contributed by atoms with van der Waals surface area (Å²) in [5.74, 6) is 1.69. The van der Waals surface area contributed by atoms with Gasteiger partial charge in [0, 0.05) is 12.1 Å². The van der Waals surface area contributed by atoms with Gasteiger partial charge in [-0.3, -0.25) is 4.79 Å². The van der Waals surface area contributed by atoms with Crippen LogP contribution < -0.4 is 15.4 Å². The van der Waals surface area contributed by atoms with E-state index in [0.29, 0.717) is 5.92 Å². The van der Waals surface area contributed by atoms with Crippen molar-refractivity contribution >= 4 is 18.3 Å².